The van der Waals surface area contributed by atoms with Crippen LogP contribution < -0.4 is 20.4 Å². The molecule has 0 aromatic heterocycles. The maximum absolute atomic E-state index is 13.0. The summed E-state index contributed by atoms with van der Waals surface area (Å²) >= 11 is 0. The van der Waals surface area contributed by atoms with Gasteiger partial charge < -0.3 is 20.4 Å². The van der Waals surface area contributed by atoms with Crippen molar-refractivity contribution in [3.63, 3.8) is 0 Å². The number of halogens is 1. The highest BCUT2D eigenvalue weighted by Crippen LogP contribution is 2.29. The fourth-order valence-corrected chi connectivity index (χ4v) is 2.97. The van der Waals surface area contributed by atoms with Gasteiger partial charge in [-0.2, -0.15) is 0 Å². The first-order chi connectivity index (χ1) is 11.0. The van der Waals surface area contributed by atoms with Crippen LogP contribution in [0.25, 0.3) is 0 Å². The molecule has 0 amide bonds. The van der Waals surface area contributed by atoms with E-state index < -0.39 is 0 Å². The van der Waals surface area contributed by atoms with Crippen molar-refractivity contribution in [3.8, 4) is 0 Å². The molecule has 23 heavy (non-hydrogen) atoms. The van der Waals surface area contributed by atoms with E-state index in [2.05, 4.69) is 21.9 Å². The minimum absolute atomic E-state index is 0.193. The van der Waals surface area contributed by atoms with Crippen LogP contribution in [0.3, 0.4) is 0 Å². The van der Waals surface area contributed by atoms with E-state index in [9.17, 15) is 4.39 Å². The Morgan fingerprint density at radius 3 is 2.09 bits per heavy atom. The lowest BCUT2D eigenvalue weighted by Gasteiger charge is -2.38. The molecule has 2 N–H and O–H groups in total. The van der Waals surface area contributed by atoms with Gasteiger partial charge >= 0.3 is 0 Å². The molecular weight excluding hydrogens is 291 g/mol. The average molecular weight is 314 g/mol. The molecule has 2 aromatic rings. The van der Waals surface area contributed by atoms with Crippen LogP contribution >= 0.6 is 0 Å². The monoisotopic (exact) mass is 314 g/mol. The molecule has 1 saturated heterocycles. The molecule has 0 atom stereocenters. The molecule has 5 heteroatoms. The summed E-state index contributed by atoms with van der Waals surface area (Å²) in [4.78, 5) is 6.64. The highest BCUT2D eigenvalue weighted by atomic mass is 19.1. The van der Waals surface area contributed by atoms with Gasteiger partial charge in [-0.3, -0.25) is 0 Å². The average Bonchev–Trinajstić information content (AvgIpc) is 2.56. The normalized spacial score (nSPS) is 14.9. The summed E-state index contributed by atoms with van der Waals surface area (Å²) in [5.74, 6) is -0.193. The Bertz CT molecular complexity index is 661. The first-order valence-electron chi connectivity index (χ1n) is 7.87. The van der Waals surface area contributed by atoms with E-state index in [0.29, 0.717) is 0 Å². The number of nitrogens with zero attached hydrogens (tertiary/aromatic N) is 3. The fourth-order valence-electron chi connectivity index (χ4n) is 2.97. The van der Waals surface area contributed by atoms with Crippen molar-refractivity contribution in [1.82, 2.24) is 0 Å². The number of nitrogen functional groups attached to an aromatic ring is 1. The van der Waals surface area contributed by atoms with Crippen LogP contribution in [-0.4, -0.2) is 40.3 Å². The molecule has 0 saturated carbocycles. The van der Waals surface area contributed by atoms with Gasteiger partial charge in [-0.1, -0.05) is 0 Å². The van der Waals surface area contributed by atoms with Gasteiger partial charge in [0.25, 0.3) is 0 Å². The van der Waals surface area contributed by atoms with E-state index in [4.69, 9.17) is 5.73 Å². The molecule has 0 aliphatic carbocycles. The lowest BCUT2D eigenvalue weighted by molar-refractivity contribution is 0.625. The Balaban J connectivity index is 1.68. The van der Waals surface area contributed by atoms with E-state index >= 15 is 0 Å². The number of rotatable bonds is 3. The third kappa shape index (κ3) is 3.33. The molecule has 1 heterocycles. The van der Waals surface area contributed by atoms with Crippen LogP contribution in [0.5, 0.6) is 0 Å². The van der Waals surface area contributed by atoms with Crippen LogP contribution in [0.4, 0.5) is 27.1 Å². The van der Waals surface area contributed by atoms with Crippen LogP contribution in [0, 0.1) is 5.82 Å². The zero-order valence-electron chi connectivity index (χ0n) is 13.7. The largest absolute Gasteiger partial charge is 0.397 e. The second-order valence-electron chi connectivity index (χ2n) is 6.09. The first-order valence-corrected chi connectivity index (χ1v) is 7.87. The molecule has 122 valence electrons. The molecule has 3 rings (SSSR count). The van der Waals surface area contributed by atoms with Crippen molar-refractivity contribution < 1.29 is 4.39 Å². The summed E-state index contributed by atoms with van der Waals surface area (Å²) in [5, 5.41) is 0. The summed E-state index contributed by atoms with van der Waals surface area (Å²) in [6.07, 6.45) is 0. The third-order valence-corrected chi connectivity index (χ3v) is 4.34. The Morgan fingerprint density at radius 1 is 0.913 bits per heavy atom. The van der Waals surface area contributed by atoms with E-state index in [1.165, 1.54) is 12.1 Å². The van der Waals surface area contributed by atoms with E-state index in [0.717, 1.165) is 48.9 Å². The number of hydrogen-bond donors (Lipinski definition) is 1. The van der Waals surface area contributed by atoms with Crippen molar-refractivity contribution in [2.75, 3.05) is 60.7 Å². The Hall–Kier alpha value is -2.43. The van der Waals surface area contributed by atoms with Gasteiger partial charge in [0.2, 0.25) is 0 Å². The van der Waals surface area contributed by atoms with Crippen molar-refractivity contribution >= 4 is 22.7 Å². The van der Waals surface area contributed by atoms with Gasteiger partial charge in [0, 0.05) is 51.6 Å². The van der Waals surface area contributed by atoms with E-state index in [1.807, 2.05) is 37.2 Å². The molecule has 0 spiro atoms. The van der Waals surface area contributed by atoms with Crippen molar-refractivity contribution in [3.05, 3.63) is 48.3 Å². The molecule has 1 fully saturated rings. The maximum atomic E-state index is 13.0. The van der Waals surface area contributed by atoms with Crippen molar-refractivity contribution in [2.45, 2.75) is 0 Å². The number of anilines is 4. The van der Waals surface area contributed by atoms with Gasteiger partial charge in [0.15, 0.2) is 0 Å². The van der Waals surface area contributed by atoms with Crippen LogP contribution in [-0.2, 0) is 0 Å². The van der Waals surface area contributed by atoms with Gasteiger partial charge in [0.1, 0.15) is 5.82 Å². The standard InChI is InChI=1S/C18H23FN4/c1-21(2)16-7-8-18(17(20)13-16)23-11-9-22(10-12-23)15-5-3-14(19)4-6-15/h3-8,13H,9-12,20H2,1-2H3. The summed E-state index contributed by atoms with van der Waals surface area (Å²) in [5.41, 5.74) is 10.3. The SMILES string of the molecule is CN(C)c1ccc(N2CCN(c3ccc(F)cc3)CC2)c(N)c1. The topological polar surface area (TPSA) is 35.7 Å². The van der Waals surface area contributed by atoms with Gasteiger partial charge in [-0.05, 0) is 42.5 Å². The Kier molecular flexibility index (Phi) is 4.28. The molecule has 4 nitrogen and oxygen atoms in total. The first kappa shape index (κ1) is 15.5. The lowest BCUT2D eigenvalue weighted by atomic mass is 10.2. The second-order valence-corrected chi connectivity index (χ2v) is 6.09. The highest BCUT2D eigenvalue weighted by Gasteiger charge is 2.19. The predicted octanol–water partition coefficient (Wildman–Crippen LogP) is 2.80. The molecule has 0 radical (unpaired) electrons. The summed E-state index contributed by atoms with van der Waals surface area (Å²) in [6.45, 7) is 3.62. The highest BCUT2D eigenvalue weighted by molar-refractivity contribution is 5.73. The molecule has 0 unspecified atom stereocenters. The smallest absolute Gasteiger partial charge is 0.123 e. The predicted molar refractivity (Wildman–Crippen MR) is 96.0 cm³/mol. The summed E-state index contributed by atoms with van der Waals surface area (Å²) in [6, 6.07) is 12.9. The molecule has 1 aliphatic heterocycles. The van der Waals surface area contributed by atoms with E-state index in [-0.39, 0.29) is 5.82 Å². The number of hydrogen-bond acceptors (Lipinski definition) is 4. The summed E-state index contributed by atoms with van der Waals surface area (Å²) in [7, 11) is 4.02. The second kappa shape index (κ2) is 6.36. The minimum atomic E-state index is -0.193. The number of benzene rings is 2. The van der Waals surface area contributed by atoms with Gasteiger partial charge in [0.05, 0.1) is 11.4 Å². The number of piperazine rings is 1. The summed E-state index contributed by atoms with van der Waals surface area (Å²) < 4.78 is 13.0. The zero-order chi connectivity index (χ0) is 16.4. The van der Waals surface area contributed by atoms with E-state index in [1.54, 1.807) is 0 Å². The Morgan fingerprint density at radius 2 is 1.52 bits per heavy atom. The van der Waals surface area contributed by atoms with Gasteiger partial charge in [-0.25, -0.2) is 4.39 Å². The van der Waals surface area contributed by atoms with Crippen LogP contribution in [0.15, 0.2) is 42.5 Å². The Labute approximate surface area is 136 Å². The van der Waals surface area contributed by atoms with Crippen LogP contribution in [0.2, 0.25) is 0 Å². The quantitative estimate of drug-likeness (QED) is 0.884. The molecular formula is C18H23FN4. The third-order valence-electron chi connectivity index (χ3n) is 4.34. The van der Waals surface area contributed by atoms with Crippen molar-refractivity contribution in [1.29, 1.82) is 0 Å². The minimum Gasteiger partial charge on any atom is -0.397 e. The molecule has 0 bridgehead atoms. The number of nitrogens with two attached hydrogens (primary N) is 1. The lowest BCUT2D eigenvalue weighted by Crippen LogP contribution is -2.46. The van der Waals surface area contributed by atoms with Gasteiger partial charge in [-0.15, -0.1) is 0 Å². The zero-order valence-corrected chi connectivity index (χ0v) is 13.7. The molecule has 2 aromatic carbocycles. The maximum Gasteiger partial charge on any atom is 0.123 e. The van der Waals surface area contributed by atoms with Crippen molar-refractivity contribution in [2.24, 2.45) is 0 Å². The molecule has 1 aliphatic rings. The van der Waals surface area contributed by atoms with Crippen LogP contribution in [0.1, 0.15) is 0 Å². The fraction of sp³-hybridized carbons (Fsp3) is 0.333.